The maximum Gasteiger partial charge on any atom is 0.160 e. The zero-order chi connectivity index (χ0) is 12.0. The summed E-state index contributed by atoms with van der Waals surface area (Å²) in [6.07, 6.45) is 0.725. The standard InChI is InChI=1S/C11H12O2.C2H6/c1-7-4-10(6-12)11(9(3)13)5-8(7)2;1-2/h4-6H,1-3H3;1-2H3. The fraction of sp³-hybridized carbons (Fsp3) is 0.385. The van der Waals surface area contributed by atoms with E-state index >= 15 is 0 Å². The predicted octanol–water partition coefficient (Wildman–Crippen LogP) is 3.34. The number of hydrogen-bond acceptors (Lipinski definition) is 2. The molecule has 0 aromatic heterocycles. The van der Waals surface area contributed by atoms with Crippen molar-refractivity contribution >= 4 is 12.1 Å². The van der Waals surface area contributed by atoms with Crippen LogP contribution in [0, 0.1) is 13.8 Å². The van der Waals surface area contributed by atoms with Gasteiger partial charge in [0.1, 0.15) is 0 Å². The number of rotatable bonds is 2. The summed E-state index contributed by atoms with van der Waals surface area (Å²) in [7, 11) is 0. The molecule has 2 heteroatoms. The number of Topliss-reactive ketones (excluding diaryl/α,β-unsaturated/α-hetero) is 1. The van der Waals surface area contributed by atoms with E-state index in [2.05, 4.69) is 0 Å². The summed E-state index contributed by atoms with van der Waals surface area (Å²) in [5.74, 6) is -0.0646. The van der Waals surface area contributed by atoms with Crippen molar-refractivity contribution in [2.75, 3.05) is 0 Å². The Labute approximate surface area is 91.3 Å². The van der Waals surface area contributed by atoms with E-state index in [9.17, 15) is 9.59 Å². The first-order valence-electron chi connectivity index (χ1n) is 5.13. The molecular formula is C13H18O2. The molecule has 1 rings (SSSR count). The second-order valence-corrected chi connectivity index (χ2v) is 3.20. The van der Waals surface area contributed by atoms with Gasteiger partial charge >= 0.3 is 0 Å². The van der Waals surface area contributed by atoms with E-state index < -0.39 is 0 Å². The van der Waals surface area contributed by atoms with Crippen LogP contribution in [0.1, 0.15) is 52.6 Å². The lowest BCUT2D eigenvalue weighted by atomic mass is 9.98. The van der Waals surface area contributed by atoms with Gasteiger partial charge in [0.2, 0.25) is 0 Å². The molecule has 0 radical (unpaired) electrons. The van der Waals surface area contributed by atoms with Crippen LogP contribution in [0.3, 0.4) is 0 Å². The summed E-state index contributed by atoms with van der Waals surface area (Å²) >= 11 is 0. The first kappa shape index (κ1) is 13.6. The molecule has 82 valence electrons. The van der Waals surface area contributed by atoms with Gasteiger partial charge in [-0.25, -0.2) is 0 Å². The molecule has 0 aliphatic rings. The van der Waals surface area contributed by atoms with Crippen molar-refractivity contribution in [3.8, 4) is 0 Å². The number of aryl methyl sites for hydroxylation is 2. The molecule has 0 unspecified atom stereocenters. The van der Waals surface area contributed by atoms with E-state index in [1.807, 2.05) is 27.7 Å². The van der Waals surface area contributed by atoms with E-state index in [1.54, 1.807) is 12.1 Å². The normalized spacial score (nSPS) is 8.87. The fourth-order valence-electron chi connectivity index (χ4n) is 1.24. The Morgan fingerprint density at radius 2 is 1.60 bits per heavy atom. The number of ketones is 1. The largest absolute Gasteiger partial charge is 0.298 e. The van der Waals surface area contributed by atoms with Gasteiger partial charge in [-0.2, -0.15) is 0 Å². The molecule has 0 heterocycles. The zero-order valence-electron chi connectivity index (χ0n) is 10.0. The second kappa shape index (κ2) is 6.12. The van der Waals surface area contributed by atoms with Gasteiger partial charge < -0.3 is 0 Å². The van der Waals surface area contributed by atoms with E-state index in [1.165, 1.54) is 6.92 Å². The molecule has 1 aromatic rings. The minimum atomic E-state index is -0.0646. The lowest BCUT2D eigenvalue weighted by Crippen LogP contribution is -2.00. The van der Waals surface area contributed by atoms with Crippen molar-refractivity contribution in [1.29, 1.82) is 0 Å². The monoisotopic (exact) mass is 206 g/mol. The lowest BCUT2D eigenvalue weighted by molar-refractivity contribution is 0.100. The molecule has 15 heavy (non-hydrogen) atoms. The van der Waals surface area contributed by atoms with E-state index in [0.29, 0.717) is 11.1 Å². The quantitative estimate of drug-likeness (QED) is 0.549. The highest BCUT2D eigenvalue weighted by atomic mass is 16.1. The lowest BCUT2D eigenvalue weighted by Gasteiger charge is -2.05. The molecular weight excluding hydrogens is 188 g/mol. The van der Waals surface area contributed by atoms with Crippen molar-refractivity contribution < 1.29 is 9.59 Å². The highest BCUT2D eigenvalue weighted by Gasteiger charge is 2.07. The minimum absolute atomic E-state index is 0.0646. The van der Waals surface area contributed by atoms with Crippen LogP contribution < -0.4 is 0 Å². The number of benzene rings is 1. The second-order valence-electron chi connectivity index (χ2n) is 3.20. The SMILES string of the molecule is CC.CC(=O)c1cc(C)c(C)cc1C=O. The Hall–Kier alpha value is -1.44. The van der Waals surface area contributed by atoms with Gasteiger partial charge in [-0.1, -0.05) is 13.8 Å². The predicted molar refractivity (Wildman–Crippen MR) is 62.7 cm³/mol. The molecule has 0 amide bonds. The van der Waals surface area contributed by atoms with Crippen LogP contribution in [0.25, 0.3) is 0 Å². The molecule has 0 saturated carbocycles. The summed E-state index contributed by atoms with van der Waals surface area (Å²) < 4.78 is 0. The smallest absolute Gasteiger partial charge is 0.160 e. The molecule has 2 nitrogen and oxygen atoms in total. The Morgan fingerprint density at radius 1 is 1.13 bits per heavy atom. The zero-order valence-corrected chi connectivity index (χ0v) is 10.0. The summed E-state index contributed by atoms with van der Waals surface area (Å²) in [6, 6.07) is 3.51. The third-order valence-corrected chi connectivity index (χ3v) is 2.17. The molecule has 0 N–H and O–H groups in total. The molecule has 0 aliphatic carbocycles. The Kier molecular flexibility index (Phi) is 5.53. The number of hydrogen-bond donors (Lipinski definition) is 0. The Bertz CT molecular complexity index is 365. The van der Waals surface area contributed by atoms with Gasteiger partial charge in [0.05, 0.1) is 0 Å². The van der Waals surface area contributed by atoms with Crippen molar-refractivity contribution in [3.63, 3.8) is 0 Å². The third kappa shape index (κ3) is 3.31. The fourth-order valence-corrected chi connectivity index (χ4v) is 1.24. The van der Waals surface area contributed by atoms with Gasteiger partial charge in [-0.3, -0.25) is 9.59 Å². The van der Waals surface area contributed by atoms with Crippen molar-refractivity contribution in [1.82, 2.24) is 0 Å². The molecule has 0 aliphatic heterocycles. The van der Waals surface area contributed by atoms with Gasteiger partial charge in [-0.15, -0.1) is 0 Å². The summed E-state index contributed by atoms with van der Waals surface area (Å²) in [6.45, 7) is 9.32. The summed E-state index contributed by atoms with van der Waals surface area (Å²) in [5.41, 5.74) is 3.07. The molecule has 0 saturated heterocycles. The average molecular weight is 206 g/mol. The highest BCUT2D eigenvalue weighted by molar-refractivity contribution is 6.01. The Balaban J connectivity index is 0.000000921. The topological polar surface area (TPSA) is 34.1 Å². The van der Waals surface area contributed by atoms with E-state index in [4.69, 9.17) is 0 Å². The van der Waals surface area contributed by atoms with Crippen LogP contribution in [0.2, 0.25) is 0 Å². The number of carbonyl (C=O) groups excluding carboxylic acids is 2. The van der Waals surface area contributed by atoms with Gasteiger partial charge in [0, 0.05) is 11.1 Å². The molecule has 0 spiro atoms. The van der Waals surface area contributed by atoms with Gasteiger partial charge in [0.15, 0.2) is 12.1 Å². The minimum Gasteiger partial charge on any atom is -0.298 e. The van der Waals surface area contributed by atoms with Crippen LogP contribution >= 0.6 is 0 Å². The van der Waals surface area contributed by atoms with Crippen LogP contribution in [0.15, 0.2) is 12.1 Å². The Morgan fingerprint density at radius 3 is 2.00 bits per heavy atom. The van der Waals surface area contributed by atoms with E-state index in [-0.39, 0.29) is 5.78 Å². The third-order valence-electron chi connectivity index (χ3n) is 2.17. The van der Waals surface area contributed by atoms with Crippen LogP contribution in [-0.2, 0) is 0 Å². The van der Waals surface area contributed by atoms with E-state index in [0.717, 1.165) is 17.4 Å². The first-order chi connectivity index (χ1) is 7.06. The van der Waals surface area contributed by atoms with Gasteiger partial charge in [-0.05, 0) is 44.0 Å². The van der Waals surface area contributed by atoms with Crippen molar-refractivity contribution in [2.24, 2.45) is 0 Å². The molecule has 0 fully saturated rings. The van der Waals surface area contributed by atoms with Crippen LogP contribution in [-0.4, -0.2) is 12.1 Å². The summed E-state index contributed by atoms with van der Waals surface area (Å²) in [5, 5.41) is 0. The van der Waals surface area contributed by atoms with Crippen LogP contribution in [0.4, 0.5) is 0 Å². The van der Waals surface area contributed by atoms with Crippen molar-refractivity contribution in [2.45, 2.75) is 34.6 Å². The van der Waals surface area contributed by atoms with Crippen molar-refractivity contribution in [3.05, 3.63) is 34.4 Å². The number of aldehydes is 1. The molecule has 1 aromatic carbocycles. The maximum atomic E-state index is 11.1. The average Bonchev–Trinajstić information content (AvgIpc) is 2.24. The number of carbonyl (C=O) groups is 2. The highest BCUT2D eigenvalue weighted by Crippen LogP contribution is 2.14. The summed E-state index contributed by atoms with van der Waals surface area (Å²) in [4.78, 5) is 21.8. The van der Waals surface area contributed by atoms with Gasteiger partial charge in [0.25, 0.3) is 0 Å². The first-order valence-corrected chi connectivity index (χ1v) is 5.13. The maximum absolute atomic E-state index is 11.1. The molecule has 0 atom stereocenters. The molecule has 0 bridgehead atoms. The van der Waals surface area contributed by atoms with Crippen LogP contribution in [0.5, 0.6) is 0 Å².